The number of ether oxygens (including phenoxy) is 4. The Morgan fingerprint density at radius 1 is 1.00 bits per heavy atom. The summed E-state index contributed by atoms with van der Waals surface area (Å²) in [7, 11) is 1.62. The molecule has 0 bridgehead atoms. The highest BCUT2D eigenvalue weighted by Gasteiger charge is 2.19. The molecule has 0 aromatic heterocycles. The van der Waals surface area contributed by atoms with Gasteiger partial charge in [-0.3, -0.25) is 9.59 Å². The molecule has 0 radical (unpaired) electrons. The SMILES string of the molecule is COc1ccc2cc([C@H](C)C(=O)OCC(=O)NCc3ccc4c(c3)OCO4)ccc2c1. The molecule has 0 saturated carbocycles. The summed E-state index contributed by atoms with van der Waals surface area (Å²) in [6, 6.07) is 17.0. The lowest BCUT2D eigenvalue weighted by Crippen LogP contribution is -2.29. The van der Waals surface area contributed by atoms with E-state index in [9.17, 15) is 9.59 Å². The van der Waals surface area contributed by atoms with Crippen LogP contribution in [0.3, 0.4) is 0 Å². The Morgan fingerprint density at radius 2 is 1.77 bits per heavy atom. The van der Waals surface area contributed by atoms with E-state index in [1.807, 2.05) is 48.5 Å². The minimum absolute atomic E-state index is 0.199. The normalized spacial score (nSPS) is 13.0. The van der Waals surface area contributed by atoms with Gasteiger partial charge in [-0.25, -0.2) is 0 Å². The molecule has 31 heavy (non-hydrogen) atoms. The van der Waals surface area contributed by atoms with Crippen molar-refractivity contribution in [1.82, 2.24) is 5.32 Å². The third-order valence-electron chi connectivity index (χ3n) is 5.20. The van der Waals surface area contributed by atoms with Gasteiger partial charge in [-0.15, -0.1) is 0 Å². The molecule has 0 unspecified atom stereocenters. The van der Waals surface area contributed by atoms with E-state index in [2.05, 4.69) is 5.32 Å². The van der Waals surface area contributed by atoms with Crippen LogP contribution in [-0.2, 0) is 20.9 Å². The largest absolute Gasteiger partial charge is 0.497 e. The first-order valence-electron chi connectivity index (χ1n) is 9.93. The van der Waals surface area contributed by atoms with Crippen LogP contribution in [0.4, 0.5) is 0 Å². The molecule has 7 nitrogen and oxygen atoms in total. The summed E-state index contributed by atoms with van der Waals surface area (Å²) in [5.74, 6) is 0.800. The minimum atomic E-state index is -0.492. The highest BCUT2D eigenvalue weighted by molar-refractivity contribution is 5.87. The summed E-state index contributed by atoms with van der Waals surface area (Å²) >= 11 is 0. The zero-order valence-electron chi connectivity index (χ0n) is 17.3. The molecule has 1 heterocycles. The summed E-state index contributed by atoms with van der Waals surface area (Å²) in [5.41, 5.74) is 1.69. The van der Waals surface area contributed by atoms with Gasteiger partial charge in [-0.1, -0.05) is 30.3 Å². The van der Waals surface area contributed by atoms with Crippen LogP contribution in [-0.4, -0.2) is 32.4 Å². The lowest BCUT2D eigenvalue weighted by Gasteiger charge is -2.13. The van der Waals surface area contributed by atoms with Gasteiger partial charge in [-0.2, -0.15) is 0 Å². The van der Waals surface area contributed by atoms with Crippen molar-refractivity contribution in [3.05, 3.63) is 65.7 Å². The Kier molecular flexibility index (Phi) is 5.93. The van der Waals surface area contributed by atoms with Crippen LogP contribution in [0, 0.1) is 0 Å². The summed E-state index contributed by atoms with van der Waals surface area (Å²) < 4.78 is 21.0. The molecule has 1 aliphatic heterocycles. The Hall–Kier alpha value is -3.74. The highest BCUT2D eigenvalue weighted by Crippen LogP contribution is 2.32. The van der Waals surface area contributed by atoms with E-state index in [1.165, 1.54) is 0 Å². The number of hydrogen-bond acceptors (Lipinski definition) is 6. The number of methoxy groups -OCH3 is 1. The maximum atomic E-state index is 12.4. The van der Waals surface area contributed by atoms with E-state index < -0.39 is 11.9 Å². The van der Waals surface area contributed by atoms with Crippen molar-refractivity contribution >= 4 is 22.6 Å². The molecule has 0 spiro atoms. The number of carbonyl (C=O) groups is 2. The summed E-state index contributed by atoms with van der Waals surface area (Å²) in [6.07, 6.45) is 0. The van der Waals surface area contributed by atoms with Gasteiger partial charge in [0.05, 0.1) is 13.0 Å². The summed E-state index contributed by atoms with van der Waals surface area (Å²) in [4.78, 5) is 24.5. The predicted molar refractivity (Wildman–Crippen MR) is 114 cm³/mol. The van der Waals surface area contributed by atoms with Crippen molar-refractivity contribution in [3.63, 3.8) is 0 Å². The Morgan fingerprint density at radius 3 is 2.61 bits per heavy atom. The van der Waals surface area contributed by atoms with Gasteiger partial charge >= 0.3 is 5.97 Å². The molecule has 3 aromatic rings. The number of rotatable bonds is 7. The fourth-order valence-corrected chi connectivity index (χ4v) is 3.34. The number of esters is 1. The van der Waals surface area contributed by atoms with E-state index in [1.54, 1.807) is 20.1 Å². The molecule has 0 saturated heterocycles. The van der Waals surface area contributed by atoms with Gasteiger partial charge in [0.15, 0.2) is 18.1 Å². The van der Waals surface area contributed by atoms with Gasteiger partial charge < -0.3 is 24.3 Å². The molecule has 0 aliphatic carbocycles. The number of fused-ring (bicyclic) bond motifs is 2. The van der Waals surface area contributed by atoms with Crippen molar-refractivity contribution in [2.75, 3.05) is 20.5 Å². The van der Waals surface area contributed by atoms with Gasteiger partial charge in [-0.05, 0) is 53.1 Å². The molecule has 7 heteroatoms. The molecule has 1 amide bonds. The van der Waals surface area contributed by atoms with Gasteiger partial charge in [0.25, 0.3) is 5.91 Å². The Bertz CT molecular complexity index is 1130. The predicted octanol–water partition coefficient (Wildman–Crippen LogP) is 3.54. The molecule has 0 fully saturated rings. The van der Waals surface area contributed by atoms with Gasteiger partial charge in [0.1, 0.15) is 5.75 Å². The number of carbonyl (C=O) groups excluding carboxylic acids is 2. The Labute approximate surface area is 179 Å². The Balaban J connectivity index is 1.29. The number of amides is 1. The molecular formula is C24H23NO6. The quantitative estimate of drug-likeness (QED) is 0.588. The number of benzene rings is 3. The third-order valence-corrected chi connectivity index (χ3v) is 5.20. The molecule has 160 valence electrons. The topological polar surface area (TPSA) is 83.1 Å². The van der Waals surface area contributed by atoms with E-state index in [4.69, 9.17) is 18.9 Å². The lowest BCUT2D eigenvalue weighted by atomic mass is 9.98. The van der Waals surface area contributed by atoms with Crippen LogP contribution in [0.1, 0.15) is 24.0 Å². The van der Waals surface area contributed by atoms with E-state index >= 15 is 0 Å². The maximum absolute atomic E-state index is 12.4. The van der Waals surface area contributed by atoms with Crippen molar-refractivity contribution < 1.29 is 28.5 Å². The van der Waals surface area contributed by atoms with E-state index in [0.717, 1.165) is 27.6 Å². The fraction of sp³-hybridized carbons (Fsp3) is 0.250. The lowest BCUT2D eigenvalue weighted by molar-refractivity contribution is -0.149. The smallest absolute Gasteiger partial charge is 0.313 e. The number of nitrogens with one attached hydrogen (secondary N) is 1. The van der Waals surface area contributed by atoms with Crippen molar-refractivity contribution in [3.8, 4) is 17.2 Å². The first-order valence-corrected chi connectivity index (χ1v) is 9.93. The molecule has 1 aliphatic rings. The average Bonchev–Trinajstić information content (AvgIpc) is 3.27. The monoisotopic (exact) mass is 421 g/mol. The molecular weight excluding hydrogens is 398 g/mol. The minimum Gasteiger partial charge on any atom is -0.497 e. The van der Waals surface area contributed by atoms with Crippen LogP contribution >= 0.6 is 0 Å². The van der Waals surface area contributed by atoms with Crippen LogP contribution in [0.5, 0.6) is 17.2 Å². The number of hydrogen-bond donors (Lipinski definition) is 1. The maximum Gasteiger partial charge on any atom is 0.313 e. The first-order chi connectivity index (χ1) is 15.0. The zero-order chi connectivity index (χ0) is 21.8. The van der Waals surface area contributed by atoms with Crippen molar-refractivity contribution in [2.45, 2.75) is 19.4 Å². The third kappa shape index (κ3) is 4.71. The second-order valence-corrected chi connectivity index (χ2v) is 7.27. The van der Waals surface area contributed by atoms with Gasteiger partial charge in [0.2, 0.25) is 6.79 Å². The van der Waals surface area contributed by atoms with Crippen molar-refractivity contribution in [2.24, 2.45) is 0 Å². The summed E-state index contributed by atoms with van der Waals surface area (Å²) in [5, 5.41) is 4.75. The van der Waals surface area contributed by atoms with Crippen LogP contribution in [0.2, 0.25) is 0 Å². The zero-order valence-corrected chi connectivity index (χ0v) is 17.3. The highest BCUT2D eigenvalue weighted by atomic mass is 16.7. The van der Waals surface area contributed by atoms with E-state index in [0.29, 0.717) is 18.0 Å². The molecule has 4 rings (SSSR count). The van der Waals surface area contributed by atoms with Gasteiger partial charge in [0, 0.05) is 6.54 Å². The second-order valence-electron chi connectivity index (χ2n) is 7.27. The summed E-state index contributed by atoms with van der Waals surface area (Å²) in [6.45, 7) is 1.93. The molecule has 1 atom stereocenters. The fourth-order valence-electron chi connectivity index (χ4n) is 3.34. The van der Waals surface area contributed by atoms with Crippen molar-refractivity contribution in [1.29, 1.82) is 0 Å². The molecule has 3 aromatic carbocycles. The second kappa shape index (κ2) is 8.95. The average molecular weight is 421 g/mol. The van der Waals surface area contributed by atoms with Crippen LogP contribution in [0.15, 0.2) is 54.6 Å². The first kappa shape index (κ1) is 20.5. The molecule has 1 N–H and O–H groups in total. The standard InChI is InChI=1S/C24H23NO6/c1-15(17-4-5-19-11-20(28-2)7-6-18(19)10-17)24(27)29-13-23(26)25-12-16-3-8-21-22(9-16)31-14-30-21/h3-11,15H,12-14H2,1-2H3,(H,25,26)/t15-/m0/s1. The van der Waals surface area contributed by atoms with Crippen LogP contribution in [0.25, 0.3) is 10.8 Å². The van der Waals surface area contributed by atoms with Crippen LogP contribution < -0.4 is 19.5 Å². The van der Waals surface area contributed by atoms with E-state index in [-0.39, 0.29) is 19.3 Å².